The van der Waals surface area contributed by atoms with E-state index in [9.17, 15) is 8.42 Å². The summed E-state index contributed by atoms with van der Waals surface area (Å²) in [5.74, 6) is 0.157. The van der Waals surface area contributed by atoms with E-state index < -0.39 is 9.84 Å². The van der Waals surface area contributed by atoms with Gasteiger partial charge >= 0.3 is 0 Å². The van der Waals surface area contributed by atoms with Crippen LogP contribution >= 0.6 is 0 Å². The molecule has 0 aromatic heterocycles. The third-order valence-corrected chi connectivity index (χ3v) is 3.79. The lowest BCUT2D eigenvalue weighted by Crippen LogP contribution is -2.23. The topological polar surface area (TPSA) is 72.2 Å². The van der Waals surface area contributed by atoms with Crippen LogP contribution in [0.2, 0.25) is 0 Å². The molecule has 4 nitrogen and oxygen atoms in total. The minimum atomic E-state index is -3.08. The second-order valence-electron chi connectivity index (χ2n) is 3.00. The lowest BCUT2D eigenvalue weighted by Gasteiger charge is -2.18. The van der Waals surface area contributed by atoms with Crippen LogP contribution in [0, 0.1) is 0 Å². The number of nitrogens with two attached hydrogens (primary N) is 1. The number of hydrogen-bond donors (Lipinski definition) is 2. The van der Waals surface area contributed by atoms with E-state index in [-0.39, 0.29) is 5.75 Å². The first-order valence-electron chi connectivity index (χ1n) is 3.96. The van der Waals surface area contributed by atoms with E-state index in [0.717, 1.165) is 0 Å². The van der Waals surface area contributed by atoms with Crippen LogP contribution in [0.15, 0.2) is 23.1 Å². The molecule has 0 amide bonds. The fourth-order valence-electron chi connectivity index (χ4n) is 1.39. The average Bonchev–Trinajstić information content (AvgIpc) is 2.02. The molecular weight excluding hydrogens is 188 g/mol. The van der Waals surface area contributed by atoms with Crippen LogP contribution in [0.3, 0.4) is 0 Å². The minimum absolute atomic E-state index is 0.157. The van der Waals surface area contributed by atoms with Gasteiger partial charge in [-0.25, -0.2) is 8.42 Å². The largest absolute Gasteiger partial charge is 0.399 e. The van der Waals surface area contributed by atoms with E-state index in [1.165, 1.54) is 0 Å². The van der Waals surface area contributed by atoms with Gasteiger partial charge in [-0.15, -0.1) is 0 Å². The van der Waals surface area contributed by atoms with Crippen molar-refractivity contribution < 1.29 is 8.42 Å². The lowest BCUT2D eigenvalue weighted by molar-refractivity contribution is 0.595. The second-order valence-corrected chi connectivity index (χ2v) is 5.08. The number of benzene rings is 1. The van der Waals surface area contributed by atoms with Crippen molar-refractivity contribution in [3.05, 3.63) is 18.2 Å². The quantitative estimate of drug-likeness (QED) is 0.594. The third-order valence-electron chi connectivity index (χ3n) is 2.02. The molecule has 0 unspecified atom stereocenters. The molecule has 1 aliphatic rings. The number of rotatable bonds is 0. The van der Waals surface area contributed by atoms with Crippen LogP contribution < -0.4 is 11.1 Å². The summed E-state index contributed by atoms with van der Waals surface area (Å²) in [5, 5.41) is 3.00. The van der Waals surface area contributed by atoms with Crippen LogP contribution in [0.1, 0.15) is 0 Å². The number of anilines is 2. The van der Waals surface area contributed by atoms with Crippen molar-refractivity contribution in [1.29, 1.82) is 0 Å². The van der Waals surface area contributed by atoms with Gasteiger partial charge in [-0.1, -0.05) is 0 Å². The van der Waals surface area contributed by atoms with Gasteiger partial charge in [-0.3, -0.25) is 0 Å². The van der Waals surface area contributed by atoms with Crippen molar-refractivity contribution in [1.82, 2.24) is 0 Å². The van der Waals surface area contributed by atoms with Crippen molar-refractivity contribution >= 4 is 21.2 Å². The number of nitrogens with one attached hydrogen (secondary N) is 1. The minimum Gasteiger partial charge on any atom is -0.399 e. The van der Waals surface area contributed by atoms with Gasteiger partial charge in [0.25, 0.3) is 0 Å². The van der Waals surface area contributed by atoms with E-state index in [1.54, 1.807) is 18.2 Å². The van der Waals surface area contributed by atoms with Crippen molar-refractivity contribution in [3.8, 4) is 0 Å². The van der Waals surface area contributed by atoms with Crippen LogP contribution in [-0.4, -0.2) is 20.7 Å². The number of nitrogen functional groups attached to an aromatic ring is 1. The zero-order chi connectivity index (χ0) is 9.47. The molecule has 13 heavy (non-hydrogen) atoms. The smallest absolute Gasteiger partial charge is 0.182 e. The summed E-state index contributed by atoms with van der Waals surface area (Å²) in [6, 6.07) is 4.79. The Hall–Kier alpha value is -1.23. The Bertz CT molecular complexity index is 439. The van der Waals surface area contributed by atoms with Crippen molar-refractivity contribution in [2.75, 3.05) is 23.3 Å². The first kappa shape index (κ1) is 8.37. The van der Waals surface area contributed by atoms with Crippen molar-refractivity contribution in [2.45, 2.75) is 4.90 Å². The van der Waals surface area contributed by atoms with Gasteiger partial charge in [0.05, 0.1) is 16.3 Å². The van der Waals surface area contributed by atoms with Gasteiger partial charge in [0.2, 0.25) is 0 Å². The first-order chi connectivity index (χ1) is 6.09. The maximum Gasteiger partial charge on any atom is 0.182 e. The lowest BCUT2D eigenvalue weighted by atomic mass is 10.3. The summed E-state index contributed by atoms with van der Waals surface area (Å²) in [7, 11) is -3.08. The van der Waals surface area contributed by atoms with E-state index in [4.69, 9.17) is 5.73 Å². The van der Waals surface area contributed by atoms with Crippen LogP contribution in [0.5, 0.6) is 0 Å². The molecule has 0 saturated heterocycles. The maximum atomic E-state index is 11.5. The predicted molar refractivity (Wildman–Crippen MR) is 51.4 cm³/mol. The van der Waals surface area contributed by atoms with Crippen molar-refractivity contribution in [3.63, 3.8) is 0 Å². The van der Waals surface area contributed by atoms with Crippen LogP contribution in [0.25, 0.3) is 0 Å². The van der Waals surface area contributed by atoms with E-state index in [0.29, 0.717) is 22.8 Å². The normalized spacial score (nSPS) is 18.8. The average molecular weight is 198 g/mol. The number of sulfone groups is 1. The Labute approximate surface area is 76.7 Å². The molecule has 70 valence electrons. The predicted octanol–water partition coefficient (Wildman–Crippen LogP) is 0.468. The Morgan fingerprint density at radius 3 is 2.92 bits per heavy atom. The highest BCUT2D eigenvalue weighted by molar-refractivity contribution is 7.91. The maximum absolute atomic E-state index is 11.5. The SMILES string of the molecule is Nc1ccc2c(c1)NCCS2(=O)=O. The summed E-state index contributed by atoms with van der Waals surface area (Å²) in [6.45, 7) is 0.457. The fourth-order valence-corrected chi connectivity index (χ4v) is 2.72. The molecular formula is C8H10N2O2S. The Balaban J connectivity index is 2.66. The Kier molecular flexibility index (Phi) is 1.69. The van der Waals surface area contributed by atoms with Gasteiger partial charge in [0.15, 0.2) is 9.84 Å². The molecule has 1 aromatic rings. The van der Waals surface area contributed by atoms with Crippen molar-refractivity contribution in [2.24, 2.45) is 0 Å². The van der Waals surface area contributed by atoms with Gasteiger partial charge in [0, 0.05) is 12.2 Å². The highest BCUT2D eigenvalue weighted by atomic mass is 32.2. The summed E-state index contributed by atoms with van der Waals surface area (Å²) in [4.78, 5) is 0.355. The molecule has 0 bridgehead atoms. The molecule has 1 aromatic carbocycles. The molecule has 0 aliphatic carbocycles. The zero-order valence-corrected chi connectivity index (χ0v) is 7.76. The van der Waals surface area contributed by atoms with E-state index in [1.807, 2.05) is 0 Å². The van der Waals surface area contributed by atoms with Gasteiger partial charge in [-0.05, 0) is 18.2 Å². The monoisotopic (exact) mass is 198 g/mol. The summed E-state index contributed by atoms with van der Waals surface area (Å²) in [6.07, 6.45) is 0. The highest BCUT2D eigenvalue weighted by Crippen LogP contribution is 2.27. The van der Waals surface area contributed by atoms with E-state index in [2.05, 4.69) is 5.32 Å². The van der Waals surface area contributed by atoms with Crippen LogP contribution in [-0.2, 0) is 9.84 Å². The third kappa shape index (κ3) is 1.35. The number of fused-ring (bicyclic) bond motifs is 1. The summed E-state index contributed by atoms with van der Waals surface area (Å²) < 4.78 is 23.0. The van der Waals surface area contributed by atoms with Gasteiger partial charge in [0.1, 0.15) is 0 Å². The van der Waals surface area contributed by atoms with Gasteiger partial charge < -0.3 is 11.1 Å². The standard InChI is InChI=1S/C8H10N2O2S/c9-6-1-2-8-7(5-6)10-3-4-13(8,11)12/h1-2,5,10H,3-4,9H2. The molecule has 0 atom stereocenters. The summed E-state index contributed by atoms with van der Waals surface area (Å²) in [5.41, 5.74) is 6.73. The Morgan fingerprint density at radius 2 is 2.15 bits per heavy atom. The molecule has 1 aliphatic heterocycles. The first-order valence-corrected chi connectivity index (χ1v) is 5.61. The van der Waals surface area contributed by atoms with Gasteiger partial charge in [-0.2, -0.15) is 0 Å². The zero-order valence-electron chi connectivity index (χ0n) is 6.95. The molecule has 0 spiro atoms. The number of hydrogen-bond acceptors (Lipinski definition) is 4. The second kappa shape index (κ2) is 2.63. The molecule has 1 heterocycles. The molecule has 2 rings (SSSR count). The molecule has 5 heteroatoms. The fraction of sp³-hybridized carbons (Fsp3) is 0.250. The van der Waals surface area contributed by atoms with Crippen LogP contribution in [0.4, 0.5) is 11.4 Å². The molecule has 0 fully saturated rings. The molecule has 0 radical (unpaired) electrons. The summed E-state index contributed by atoms with van der Waals surface area (Å²) >= 11 is 0. The van der Waals surface area contributed by atoms with E-state index >= 15 is 0 Å². The highest BCUT2D eigenvalue weighted by Gasteiger charge is 2.22. The molecule has 0 saturated carbocycles. The Morgan fingerprint density at radius 1 is 1.38 bits per heavy atom. The molecule has 3 N–H and O–H groups in total.